The van der Waals surface area contributed by atoms with E-state index in [-0.39, 0.29) is 19.3 Å². The zero-order chi connectivity index (χ0) is 20.8. The van der Waals surface area contributed by atoms with Gasteiger partial charge in [-0.3, -0.25) is 14.4 Å². The van der Waals surface area contributed by atoms with Gasteiger partial charge in [-0.05, 0) is 25.7 Å². The van der Waals surface area contributed by atoms with Crippen LogP contribution in [0.5, 0.6) is 0 Å². The third kappa shape index (κ3) is 3.34. The molecule has 2 unspecified atom stereocenters. The van der Waals surface area contributed by atoms with Crippen LogP contribution in [0.2, 0.25) is 0 Å². The Morgan fingerprint density at radius 2 is 1.23 bits per heavy atom. The number of carbonyl (C=O) groups excluding carboxylic acids is 1. The van der Waals surface area contributed by atoms with Crippen LogP contribution >= 0.6 is 0 Å². The molecule has 0 spiro atoms. The SMILES string of the molecule is CCCCCC(=O)C(CC)(C(=O)O)C(O)(C(=O)O)C(CC)(CC)C(=O)O. The molecule has 2 atom stereocenters. The molecule has 0 aliphatic carbocycles. The highest BCUT2D eigenvalue weighted by Gasteiger charge is 2.74. The lowest BCUT2D eigenvalue weighted by atomic mass is 9.53. The van der Waals surface area contributed by atoms with Crippen LogP contribution in [0, 0.1) is 10.8 Å². The summed E-state index contributed by atoms with van der Waals surface area (Å²) in [6.07, 6.45) is 0.238. The molecule has 8 heteroatoms. The molecule has 0 aliphatic heterocycles. The van der Waals surface area contributed by atoms with Crippen LogP contribution in [-0.4, -0.2) is 49.7 Å². The van der Waals surface area contributed by atoms with Crippen LogP contribution in [0.3, 0.4) is 0 Å². The standard InChI is InChI=1S/C18H30O8/c1-5-9-10-11-12(19)17(8-4,14(22)23)18(26,15(24)25)16(6-2,7-3)13(20)21/h26H,5-11H2,1-4H3,(H,20,21)(H,22,23)(H,24,25). The molecule has 4 N–H and O–H groups in total. The minimum Gasteiger partial charge on any atom is -0.481 e. The molecule has 0 amide bonds. The topological polar surface area (TPSA) is 149 Å². The van der Waals surface area contributed by atoms with Gasteiger partial charge in [-0.2, -0.15) is 0 Å². The van der Waals surface area contributed by atoms with Gasteiger partial charge in [0.15, 0.2) is 11.2 Å². The summed E-state index contributed by atoms with van der Waals surface area (Å²) in [6.45, 7) is 5.87. The largest absolute Gasteiger partial charge is 0.481 e. The maximum Gasteiger partial charge on any atom is 0.338 e. The normalized spacial score (nSPS) is 16.3. The number of unbranched alkanes of at least 4 members (excludes halogenated alkanes) is 2. The van der Waals surface area contributed by atoms with E-state index in [9.17, 15) is 39.6 Å². The molecule has 150 valence electrons. The first-order valence-corrected chi connectivity index (χ1v) is 8.95. The number of carboxylic acids is 3. The van der Waals surface area contributed by atoms with Crippen molar-refractivity contribution >= 4 is 23.7 Å². The first-order valence-electron chi connectivity index (χ1n) is 8.95. The van der Waals surface area contributed by atoms with E-state index in [1.807, 2.05) is 6.92 Å². The molecule has 0 rings (SSSR count). The smallest absolute Gasteiger partial charge is 0.338 e. The molecule has 0 radical (unpaired) electrons. The fraction of sp³-hybridized carbons (Fsp3) is 0.778. The molecule has 0 fully saturated rings. The maximum absolute atomic E-state index is 12.9. The minimum absolute atomic E-state index is 0.243. The summed E-state index contributed by atoms with van der Waals surface area (Å²) >= 11 is 0. The summed E-state index contributed by atoms with van der Waals surface area (Å²) in [5, 5.41) is 40.5. The second-order valence-electron chi connectivity index (χ2n) is 6.55. The lowest BCUT2D eigenvalue weighted by Crippen LogP contribution is -2.71. The Bertz CT molecular complexity index is 551. The number of carbonyl (C=O) groups is 4. The van der Waals surface area contributed by atoms with Crippen molar-refractivity contribution in [3.63, 3.8) is 0 Å². The van der Waals surface area contributed by atoms with Crippen molar-refractivity contribution in [2.45, 2.75) is 78.2 Å². The van der Waals surface area contributed by atoms with Crippen LogP contribution in [0.15, 0.2) is 0 Å². The first kappa shape index (κ1) is 24.0. The Kier molecular flexibility index (Phi) is 8.43. The van der Waals surface area contributed by atoms with Crippen LogP contribution in [0.1, 0.15) is 72.6 Å². The Balaban J connectivity index is 6.80. The van der Waals surface area contributed by atoms with E-state index in [0.717, 1.165) is 6.42 Å². The highest BCUT2D eigenvalue weighted by Crippen LogP contribution is 2.52. The summed E-state index contributed by atoms with van der Waals surface area (Å²) in [7, 11) is 0. The van der Waals surface area contributed by atoms with E-state index >= 15 is 0 Å². The number of Topliss-reactive ketones (excluding diaryl/α,β-unsaturated/α-hetero) is 1. The quantitative estimate of drug-likeness (QED) is 0.283. The lowest BCUT2D eigenvalue weighted by Gasteiger charge is -2.49. The average molecular weight is 374 g/mol. The van der Waals surface area contributed by atoms with Crippen molar-refractivity contribution < 1.29 is 39.6 Å². The number of aliphatic carboxylic acids is 3. The molecule has 0 bridgehead atoms. The monoisotopic (exact) mass is 374 g/mol. The van der Waals surface area contributed by atoms with Crippen molar-refractivity contribution in [2.75, 3.05) is 0 Å². The third-order valence-corrected chi connectivity index (χ3v) is 5.62. The van der Waals surface area contributed by atoms with Gasteiger partial charge in [-0.25, -0.2) is 4.79 Å². The summed E-state index contributed by atoms with van der Waals surface area (Å²) in [4.78, 5) is 49.1. The molecule has 0 aromatic rings. The van der Waals surface area contributed by atoms with E-state index in [1.54, 1.807) is 0 Å². The van der Waals surface area contributed by atoms with Gasteiger partial charge < -0.3 is 20.4 Å². The first-order chi connectivity index (χ1) is 12.0. The number of aliphatic hydroxyl groups is 1. The van der Waals surface area contributed by atoms with Gasteiger partial charge in [-0.15, -0.1) is 0 Å². The summed E-state index contributed by atoms with van der Waals surface area (Å²) in [6, 6.07) is 0. The van der Waals surface area contributed by atoms with Crippen LogP contribution in [0.4, 0.5) is 0 Å². The van der Waals surface area contributed by atoms with Crippen LogP contribution in [-0.2, 0) is 19.2 Å². The van der Waals surface area contributed by atoms with Gasteiger partial charge >= 0.3 is 17.9 Å². The molecule has 0 heterocycles. The van der Waals surface area contributed by atoms with Crippen molar-refractivity contribution in [3.8, 4) is 0 Å². The van der Waals surface area contributed by atoms with Gasteiger partial charge in [0.2, 0.25) is 5.60 Å². The van der Waals surface area contributed by atoms with E-state index in [4.69, 9.17) is 0 Å². The predicted octanol–water partition coefficient (Wildman–Crippen LogP) is 2.32. The van der Waals surface area contributed by atoms with Crippen molar-refractivity contribution in [1.29, 1.82) is 0 Å². The molecule has 0 saturated carbocycles. The summed E-state index contributed by atoms with van der Waals surface area (Å²) in [5.41, 5.74) is -8.37. The van der Waals surface area contributed by atoms with Gasteiger partial charge in [-0.1, -0.05) is 40.5 Å². The Hall–Kier alpha value is -1.96. The summed E-state index contributed by atoms with van der Waals surface area (Å²) in [5.74, 6) is -6.44. The van der Waals surface area contributed by atoms with E-state index in [1.165, 1.54) is 20.8 Å². The number of carboxylic acid groups (broad SMARTS) is 3. The zero-order valence-corrected chi connectivity index (χ0v) is 15.9. The Morgan fingerprint density at radius 3 is 1.50 bits per heavy atom. The second kappa shape index (κ2) is 9.12. The lowest BCUT2D eigenvalue weighted by molar-refractivity contribution is -0.222. The van der Waals surface area contributed by atoms with Gasteiger partial charge in [0.25, 0.3) is 0 Å². The molecular weight excluding hydrogens is 344 g/mol. The number of ketones is 1. The summed E-state index contributed by atoms with van der Waals surface area (Å²) < 4.78 is 0. The second-order valence-corrected chi connectivity index (χ2v) is 6.55. The molecule has 8 nitrogen and oxygen atoms in total. The average Bonchev–Trinajstić information content (AvgIpc) is 2.56. The highest BCUT2D eigenvalue weighted by molar-refractivity contribution is 6.10. The van der Waals surface area contributed by atoms with Crippen LogP contribution < -0.4 is 0 Å². The predicted molar refractivity (Wildman–Crippen MR) is 92.7 cm³/mol. The molecule has 0 aromatic heterocycles. The molecule has 0 aliphatic rings. The maximum atomic E-state index is 12.9. The minimum atomic E-state index is -3.29. The van der Waals surface area contributed by atoms with Crippen LogP contribution in [0.25, 0.3) is 0 Å². The van der Waals surface area contributed by atoms with Gasteiger partial charge in [0.1, 0.15) is 5.41 Å². The number of rotatable bonds is 13. The van der Waals surface area contributed by atoms with Crippen molar-refractivity contribution in [2.24, 2.45) is 10.8 Å². The molecular formula is C18H30O8. The Morgan fingerprint density at radius 1 is 0.731 bits per heavy atom. The van der Waals surface area contributed by atoms with Gasteiger partial charge in [0.05, 0.1) is 0 Å². The van der Waals surface area contributed by atoms with Gasteiger partial charge in [0, 0.05) is 6.42 Å². The number of hydrogen-bond acceptors (Lipinski definition) is 5. The fourth-order valence-corrected chi connectivity index (χ4v) is 3.84. The van der Waals surface area contributed by atoms with E-state index in [2.05, 4.69) is 0 Å². The molecule has 0 aromatic carbocycles. The number of hydrogen-bond donors (Lipinski definition) is 4. The van der Waals surface area contributed by atoms with E-state index in [0.29, 0.717) is 12.8 Å². The highest BCUT2D eigenvalue weighted by atomic mass is 16.4. The van der Waals surface area contributed by atoms with E-state index < -0.39 is 46.5 Å². The Labute approximate surface area is 153 Å². The fourth-order valence-electron chi connectivity index (χ4n) is 3.84. The molecule has 26 heavy (non-hydrogen) atoms. The zero-order valence-electron chi connectivity index (χ0n) is 15.9. The molecule has 0 saturated heterocycles. The third-order valence-electron chi connectivity index (χ3n) is 5.62. The van der Waals surface area contributed by atoms with Crippen molar-refractivity contribution in [1.82, 2.24) is 0 Å². The van der Waals surface area contributed by atoms with Crippen molar-refractivity contribution in [3.05, 3.63) is 0 Å².